The molecule has 110 valence electrons. The molecule has 0 saturated carbocycles. The molecule has 3 nitrogen and oxygen atoms in total. The zero-order valence-electron chi connectivity index (χ0n) is 12.2. The maximum absolute atomic E-state index is 12.7. The summed E-state index contributed by atoms with van der Waals surface area (Å²) >= 11 is 0. The molecule has 0 radical (unpaired) electrons. The molecular weight excluding hydrogens is 274 g/mol. The predicted octanol–water partition coefficient (Wildman–Crippen LogP) is 4.06. The number of benzene rings is 2. The van der Waals surface area contributed by atoms with E-state index in [-0.39, 0.29) is 5.91 Å². The van der Waals surface area contributed by atoms with E-state index >= 15 is 0 Å². The SMILES string of the molecule is O=C(Cc1ccccc1)N(Cc1ccco1)c1ccccc1. The first-order valence-corrected chi connectivity index (χ1v) is 7.24. The van der Waals surface area contributed by atoms with E-state index in [4.69, 9.17) is 4.42 Å². The van der Waals surface area contributed by atoms with Gasteiger partial charge in [0.25, 0.3) is 0 Å². The Hall–Kier alpha value is -2.81. The van der Waals surface area contributed by atoms with Gasteiger partial charge in [-0.2, -0.15) is 0 Å². The maximum Gasteiger partial charge on any atom is 0.231 e. The van der Waals surface area contributed by atoms with Gasteiger partial charge in [0.05, 0.1) is 19.2 Å². The van der Waals surface area contributed by atoms with Crippen LogP contribution in [0.5, 0.6) is 0 Å². The van der Waals surface area contributed by atoms with Gasteiger partial charge in [-0.15, -0.1) is 0 Å². The van der Waals surface area contributed by atoms with Crippen molar-refractivity contribution in [2.75, 3.05) is 4.90 Å². The number of amides is 1. The topological polar surface area (TPSA) is 33.5 Å². The van der Waals surface area contributed by atoms with E-state index in [1.54, 1.807) is 11.2 Å². The average molecular weight is 291 g/mol. The van der Waals surface area contributed by atoms with Gasteiger partial charge in [-0.25, -0.2) is 0 Å². The third-order valence-corrected chi connectivity index (χ3v) is 3.46. The molecule has 0 N–H and O–H groups in total. The fourth-order valence-electron chi connectivity index (χ4n) is 2.36. The highest BCUT2D eigenvalue weighted by atomic mass is 16.3. The molecule has 2 aromatic carbocycles. The molecule has 0 fully saturated rings. The van der Waals surface area contributed by atoms with E-state index in [0.717, 1.165) is 17.0 Å². The Bertz CT molecular complexity index is 706. The summed E-state index contributed by atoms with van der Waals surface area (Å²) in [4.78, 5) is 14.5. The first kappa shape index (κ1) is 14.1. The molecule has 0 aliphatic rings. The van der Waals surface area contributed by atoms with Crippen LogP contribution in [0.15, 0.2) is 83.5 Å². The third-order valence-electron chi connectivity index (χ3n) is 3.46. The van der Waals surface area contributed by atoms with Crippen molar-refractivity contribution in [3.8, 4) is 0 Å². The molecule has 0 aliphatic heterocycles. The number of rotatable bonds is 5. The minimum Gasteiger partial charge on any atom is -0.467 e. The Morgan fingerprint density at radius 2 is 1.55 bits per heavy atom. The van der Waals surface area contributed by atoms with Gasteiger partial charge in [0, 0.05) is 5.69 Å². The number of nitrogens with zero attached hydrogens (tertiary/aromatic N) is 1. The number of hydrogen-bond donors (Lipinski definition) is 0. The molecule has 0 saturated heterocycles. The van der Waals surface area contributed by atoms with Crippen molar-refractivity contribution in [1.29, 1.82) is 0 Å². The molecule has 0 aliphatic carbocycles. The van der Waals surface area contributed by atoms with Crippen LogP contribution in [0.25, 0.3) is 0 Å². The van der Waals surface area contributed by atoms with Crippen LogP contribution in [0.1, 0.15) is 11.3 Å². The Morgan fingerprint density at radius 3 is 2.18 bits per heavy atom. The Balaban J connectivity index is 1.83. The second-order valence-corrected chi connectivity index (χ2v) is 5.06. The number of carbonyl (C=O) groups is 1. The van der Waals surface area contributed by atoms with Crippen LogP contribution in [0.3, 0.4) is 0 Å². The molecule has 3 aromatic rings. The molecule has 1 aromatic heterocycles. The van der Waals surface area contributed by atoms with Crippen molar-refractivity contribution in [2.24, 2.45) is 0 Å². The normalized spacial score (nSPS) is 10.4. The highest BCUT2D eigenvalue weighted by Crippen LogP contribution is 2.18. The standard InChI is InChI=1S/C19H17NO2/c21-19(14-16-8-3-1-4-9-16)20(15-18-12-7-13-22-18)17-10-5-2-6-11-17/h1-13H,14-15H2. The average Bonchev–Trinajstić information content (AvgIpc) is 3.07. The van der Waals surface area contributed by atoms with Crippen LogP contribution in [0.2, 0.25) is 0 Å². The summed E-state index contributed by atoms with van der Waals surface area (Å²) in [5, 5.41) is 0. The van der Waals surface area contributed by atoms with E-state index in [1.807, 2.05) is 72.8 Å². The maximum atomic E-state index is 12.7. The van der Waals surface area contributed by atoms with Gasteiger partial charge in [-0.1, -0.05) is 48.5 Å². The Labute approximate surface area is 129 Å². The van der Waals surface area contributed by atoms with Crippen molar-refractivity contribution in [3.05, 3.63) is 90.4 Å². The molecule has 0 unspecified atom stereocenters. The summed E-state index contributed by atoms with van der Waals surface area (Å²) < 4.78 is 5.39. The van der Waals surface area contributed by atoms with Gasteiger partial charge < -0.3 is 9.32 Å². The molecule has 22 heavy (non-hydrogen) atoms. The molecule has 1 amide bonds. The molecular formula is C19H17NO2. The minimum absolute atomic E-state index is 0.0498. The lowest BCUT2D eigenvalue weighted by Crippen LogP contribution is -2.31. The van der Waals surface area contributed by atoms with Gasteiger partial charge in [0.2, 0.25) is 5.91 Å². The van der Waals surface area contributed by atoms with Crippen LogP contribution in [0, 0.1) is 0 Å². The number of furan rings is 1. The third kappa shape index (κ3) is 3.44. The van der Waals surface area contributed by atoms with Crippen molar-refractivity contribution >= 4 is 11.6 Å². The summed E-state index contributed by atoms with van der Waals surface area (Å²) in [5.74, 6) is 0.819. The number of carbonyl (C=O) groups excluding carboxylic acids is 1. The molecule has 0 spiro atoms. The van der Waals surface area contributed by atoms with E-state index in [0.29, 0.717) is 13.0 Å². The molecule has 3 rings (SSSR count). The highest BCUT2D eigenvalue weighted by molar-refractivity contribution is 5.94. The summed E-state index contributed by atoms with van der Waals surface area (Å²) in [6.45, 7) is 0.433. The Morgan fingerprint density at radius 1 is 0.864 bits per heavy atom. The Kier molecular flexibility index (Phi) is 4.35. The zero-order chi connectivity index (χ0) is 15.2. The number of para-hydroxylation sites is 1. The molecule has 0 bridgehead atoms. The molecule has 1 heterocycles. The lowest BCUT2D eigenvalue weighted by molar-refractivity contribution is -0.118. The van der Waals surface area contributed by atoms with Crippen LogP contribution in [-0.2, 0) is 17.8 Å². The van der Waals surface area contributed by atoms with Gasteiger partial charge >= 0.3 is 0 Å². The van der Waals surface area contributed by atoms with Gasteiger partial charge in [-0.3, -0.25) is 4.79 Å². The van der Waals surface area contributed by atoms with Crippen molar-refractivity contribution in [1.82, 2.24) is 0 Å². The first-order chi connectivity index (χ1) is 10.8. The fraction of sp³-hybridized carbons (Fsp3) is 0.105. The van der Waals surface area contributed by atoms with Gasteiger partial charge in [-0.05, 0) is 29.8 Å². The quantitative estimate of drug-likeness (QED) is 0.710. The molecule has 0 atom stereocenters. The van der Waals surface area contributed by atoms with E-state index in [9.17, 15) is 4.79 Å². The van der Waals surface area contributed by atoms with Crippen LogP contribution in [0.4, 0.5) is 5.69 Å². The molecule has 3 heteroatoms. The van der Waals surface area contributed by atoms with Crippen LogP contribution < -0.4 is 4.90 Å². The fourth-order valence-corrected chi connectivity index (χ4v) is 2.36. The van der Waals surface area contributed by atoms with Gasteiger partial charge in [0.15, 0.2) is 0 Å². The van der Waals surface area contributed by atoms with E-state index in [1.165, 1.54) is 0 Å². The second kappa shape index (κ2) is 6.76. The number of hydrogen-bond acceptors (Lipinski definition) is 2. The smallest absolute Gasteiger partial charge is 0.231 e. The van der Waals surface area contributed by atoms with E-state index < -0.39 is 0 Å². The minimum atomic E-state index is 0.0498. The second-order valence-electron chi connectivity index (χ2n) is 5.06. The van der Waals surface area contributed by atoms with E-state index in [2.05, 4.69) is 0 Å². The lowest BCUT2D eigenvalue weighted by atomic mass is 10.1. The first-order valence-electron chi connectivity index (χ1n) is 7.24. The van der Waals surface area contributed by atoms with Crippen molar-refractivity contribution in [2.45, 2.75) is 13.0 Å². The highest BCUT2D eigenvalue weighted by Gasteiger charge is 2.17. The summed E-state index contributed by atoms with van der Waals surface area (Å²) in [6, 6.07) is 23.2. The summed E-state index contributed by atoms with van der Waals surface area (Å²) in [6.07, 6.45) is 2.00. The number of anilines is 1. The lowest BCUT2D eigenvalue weighted by Gasteiger charge is -2.22. The van der Waals surface area contributed by atoms with Crippen LogP contribution in [-0.4, -0.2) is 5.91 Å². The van der Waals surface area contributed by atoms with Crippen LogP contribution >= 0.6 is 0 Å². The zero-order valence-corrected chi connectivity index (χ0v) is 12.2. The summed E-state index contributed by atoms with van der Waals surface area (Å²) in [7, 11) is 0. The van der Waals surface area contributed by atoms with Crippen molar-refractivity contribution < 1.29 is 9.21 Å². The largest absolute Gasteiger partial charge is 0.467 e. The van der Waals surface area contributed by atoms with Crippen molar-refractivity contribution in [3.63, 3.8) is 0 Å². The monoisotopic (exact) mass is 291 g/mol. The van der Waals surface area contributed by atoms with Gasteiger partial charge in [0.1, 0.15) is 5.76 Å². The predicted molar refractivity (Wildman–Crippen MR) is 86.5 cm³/mol. The summed E-state index contributed by atoms with van der Waals surface area (Å²) in [5.41, 5.74) is 1.88.